The van der Waals surface area contributed by atoms with Crippen LogP contribution >= 0.6 is 0 Å². The summed E-state index contributed by atoms with van der Waals surface area (Å²) in [5, 5.41) is 11.4. The number of nitrogens with one attached hydrogen (secondary N) is 1. The van der Waals surface area contributed by atoms with Crippen molar-refractivity contribution in [3.63, 3.8) is 0 Å². The Kier molecular flexibility index (Phi) is 4.90. The Labute approximate surface area is 115 Å². The molecule has 0 fully saturated rings. The van der Waals surface area contributed by atoms with E-state index in [1.165, 1.54) is 32.4 Å². The molecule has 0 heterocycles. The fraction of sp³-hybridized carbons (Fsp3) is 0.250. The Morgan fingerprint density at radius 2 is 2.05 bits per heavy atom. The molecule has 0 bridgehead atoms. The molecule has 3 amide bonds. The molecular weight excluding hydrogens is 266 g/mol. The molecule has 0 aromatic heterocycles. The molecule has 8 nitrogen and oxygen atoms in total. The summed E-state index contributed by atoms with van der Waals surface area (Å²) in [5.74, 6) is -1.49. The van der Waals surface area contributed by atoms with Gasteiger partial charge in [-0.2, -0.15) is 0 Å². The van der Waals surface area contributed by atoms with Crippen LogP contribution in [-0.4, -0.2) is 48.6 Å². The maximum Gasteiger partial charge on any atom is 0.335 e. The lowest BCUT2D eigenvalue weighted by molar-refractivity contribution is -0.118. The molecule has 108 valence electrons. The van der Waals surface area contributed by atoms with E-state index in [4.69, 9.17) is 15.6 Å². The Balaban J connectivity index is 2.94. The van der Waals surface area contributed by atoms with Crippen molar-refractivity contribution in [3.05, 3.63) is 23.8 Å². The highest BCUT2D eigenvalue weighted by molar-refractivity contribution is 5.95. The first-order valence-corrected chi connectivity index (χ1v) is 5.57. The first-order chi connectivity index (χ1) is 9.35. The van der Waals surface area contributed by atoms with Gasteiger partial charge in [0.25, 0.3) is 0 Å². The van der Waals surface area contributed by atoms with Gasteiger partial charge < -0.3 is 25.8 Å². The lowest BCUT2D eigenvalue weighted by atomic mass is 10.2. The normalized spacial score (nSPS) is 9.70. The minimum atomic E-state index is -1.13. The van der Waals surface area contributed by atoms with Crippen molar-refractivity contribution in [1.82, 2.24) is 4.90 Å². The molecule has 0 unspecified atom stereocenters. The molecule has 0 aliphatic carbocycles. The van der Waals surface area contributed by atoms with Gasteiger partial charge in [-0.15, -0.1) is 0 Å². The van der Waals surface area contributed by atoms with Crippen molar-refractivity contribution >= 4 is 23.6 Å². The highest BCUT2D eigenvalue weighted by Crippen LogP contribution is 2.25. The van der Waals surface area contributed by atoms with Crippen LogP contribution in [0.4, 0.5) is 10.5 Å². The maximum absolute atomic E-state index is 11.8. The van der Waals surface area contributed by atoms with E-state index >= 15 is 0 Å². The lowest BCUT2D eigenvalue weighted by Crippen LogP contribution is -2.38. The number of amides is 3. The number of carboxylic acid groups (broad SMARTS) is 1. The molecule has 0 spiro atoms. The predicted molar refractivity (Wildman–Crippen MR) is 70.8 cm³/mol. The van der Waals surface area contributed by atoms with E-state index in [9.17, 15) is 14.4 Å². The Morgan fingerprint density at radius 3 is 2.55 bits per heavy atom. The summed E-state index contributed by atoms with van der Waals surface area (Å²) in [6, 6.07) is 3.43. The molecule has 0 saturated heterocycles. The van der Waals surface area contributed by atoms with Crippen LogP contribution in [0.25, 0.3) is 0 Å². The van der Waals surface area contributed by atoms with E-state index in [1.807, 2.05) is 0 Å². The van der Waals surface area contributed by atoms with Crippen molar-refractivity contribution in [2.24, 2.45) is 5.73 Å². The van der Waals surface area contributed by atoms with Crippen LogP contribution in [0.1, 0.15) is 10.4 Å². The van der Waals surface area contributed by atoms with Gasteiger partial charge in [-0.25, -0.2) is 9.59 Å². The third-order valence-corrected chi connectivity index (χ3v) is 2.43. The molecule has 0 atom stereocenters. The van der Waals surface area contributed by atoms with Gasteiger partial charge in [-0.1, -0.05) is 0 Å². The molecule has 8 heteroatoms. The molecule has 0 aliphatic rings. The van der Waals surface area contributed by atoms with E-state index in [2.05, 4.69) is 5.32 Å². The number of nitrogens with two attached hydrogens (primary N) is 1. The lowest BCUT2D eigenvalue weighted by Gasteiger charge is -2.17. The third-order valence-electron chi connectivity index (χ3n) is 2.43. The molecule has 1 rings (SSSR count). The number of aromatic carboxylic acids is 1. The van der Waals surface area contributed by atoms with E-state index in [1.54, 1.807) is 0 Å². The molecule has 20 heavy (non-hydrogen) atoms. The molecule has 0 saturated carbocycles. The zero-order valence-corrected chi connectivity index (χ0v) is 11.0. The van der Waals surface area contributed by atoms with Crippen LogP contribution in [-0.2, 0) is 4.79 Å². The van der Waals surface area contributed by atoms with Crippen LogP contribution in [0, 0.1) is 0 Å². The molecule has 0 radical (unpaired) electrons. The van der Waals surface area contributed by atoms with Crippen LogP contribution in [0.5, 0.6) is 5.75 Å². The van der Waals surface area contributed by atoms with E-state index < -0.39 is 17.9 Å². The highest BCUT2D eigenvalue weighted by atomic mass is 16.5. The number of anilines is 1. The fourth-order valence-electron chi connectivity index (χ4n) is 1.45. The number of benzene rings is 1. The van der Waals surface area contributed by atoms with E-state index in [0.29, 0.717) is 5.75 Å². The Bertz CT molecular complexity index is 544. The van der Waals surface area contributed by atoms with Crippen molar-refractivity contribution in [2.45, 2.75) is 0 Å². The average molecular weight is 281 g/mol. The van der Waals surface area contributed by atoms with Gasteiger partial charge in [0.15, 0.2) is 0 Å². The first kappa shape index (κ1) is 15.3. The van der Waals surface area contributed by atoms with Crippen LogP contribution in [0.3, 0.4) is 0 Å². The number of urea groups is 1. The van der Waals surface area contributed by atoms with Gasteiger partial charge in [-0.3, -0.25) is 4.79 Å². The highest BCUT2D eigenvalue weighted by Gasteiger charge is 2.15. The molecule has 1 aromatic carbocycles. The smallest absolute Gasteiger partial charge is 0.335 e. The number of hydrogen-bond acceptors (Lipinski definition) is 4. The number of nitrogens with zero attached hydrogens (tertiary/aromatic N) is 1. The predicted octanol–water partition coefficient (Wildman–Crippen LogP) is 0.342. The van der Waals surface area contributed by atoms with Gasteiger partial charge in [0.05, 0.1) is 18.4 Å². The van der Waals surface area contributed by atoms with Gasteiger partial charge in [0.2, 0.25) is 5.91 Å². The van der Waals surface area contributed by atoms with Gasteiger partial charge in [0.1, 0.15) is 12.3 Å². The van der Waals surface area contributed by atoms with Crippen molar-refractivity contribution in [2.75, 3.05) is 26.0 Å². The van der Waals surface area contributed by atoms with Crippen LogP contribution in [0.2, 0.25) is 0 Å². The second-order valence-corrected chi connectivity index (χ2v) is 3.97. The second-order valence-electron chi connectivity index (χ2n) is 3.97. The summed E-state index contributed by atoms with van der Waals surface area (Å²) in [5.41, 5.74) is 5.17. The van der Waals surface area contributed by atoms with Crippen molar-refractivity contribution in [3.8, 4) is 5.75 Å². The zero-order valence-electron chi connectivity index (χ0n) is 11.0. The second kappa shape index (κ2) is 6.41. The zero-order chi connectivity index (χ0) is 15.3. The summed E-state index contributed by atoms with van der Waals surface area (Å²) in [4.78, 5) is 34.5. The van der Waals surface area contributed by atoms with Crippen molar-refractivity contribution in [1.29, 1.82) is 0 Å². The number of carbonyl (C=O) groups excluding carboxylic acids is 2. The minimum Gasteiger partial charge on any atom is -0.495 e. The summed E-state index contributed by atoms with van der Waals surface area (Å²) >= 11 is 0. The van der Waals surface area contributed by atoms with Crippen LogP contribution < -0.4 is 15.8 Å². The third kappa shape index (κ3) is 3.87. The summed E-state index contributed by atoms with van der Waals surface area (Å²) < 4.78 is 5.02. The first-order valence-electron chi connectivity index (χ1n) is 5.57. The summed E-state index contributed by atoms with van der Waals surface area (Å²) in [6.45, 7) is -0.257. The number of hydrogen-bond donors (Lipinski definition) is 3. The molecular formula is C12H15N3O5. The van der Waals surface area contributed by atoms with Gasteiger partial charge in [0, 0.05) is 7.05 Å². The van der Waals surface area contributed by atoms with Crippen molar-refractivity contribution < 1.29 is 24.2 Å². The number of primary amides is 1. The number of carbonyl (C=O) groups is 3. The largest absolute Gasteiger partial charge is 0.495 e. The number of carboxylic acids is 1. The monoisotopic (exact) mass is 281 g/mol. The average Bonchev–Trinajstić information content (AvgIpc) is 2.37. The number of ether oxygens (including phenoxy) is 1. The van der Waals surface area contributed by atoms with Gasteiger partial charge in [-0.05, 0) is 18.2 Å². The summed E-state index contributed by atoms with van der Waals surface area (Å²) in [7, 11) is 2.77. The Morgan fingerprint density at radius 1 is 1.40 bits per heavy atom. The summed E-state index contributed by atoms with van der Waals surface area (Å²) in [6.07, 6.45) is 0. The number of rotatable bonds is 5. The minimum absolute atomic E-state index is 0.00125. The fourth-order valence-corrected chi connectivity index (χ4v) is 1.45. The topological polar surface area (TPSA) is 122 Å². The maximum atomic E-state index is 11.8. The van der Waals surface area contributed by atoms with E-state index in [-0.39, 0.29) is 17.8 Å². The molecule has 1 aromatic rings. The number of methoxy groups -OCH3 is 1. The van der Waals surface area contributed by atoms with Crippen LogP contribution in [0.15, 0.2) is 18.2 Å². The molecule has 0 aliphatic heterocycles. The number of likely N-dealkylation sites (N-methyl/N-ethyl adjacent to an activating group) is 1. The van der Waals surface area contributed by atoms with E-state index in [0.717, 1.165) is 4.90 Å². The van der Waals surface area contributed by atoms with Gasteiger partial charge >= 0.3 is 12.0 Å². The standard InChI is InChI=1S/C12H15N3O5/c1-15(6-10(13)16)12(19)14-8-5-7(11(17)18)3-4-9(8)20-2/h3-5H,6H2,1-2H3,(H2,13,16)(H,14,19)(H,17,18). The Hall–Kier alpha value is -2.77. The molecule has 4 N–H and O–H groups in total. The SMILES string of the molecule is COc1ccc(C(=O)O)cc1NC(=O)N(C)CC(N)=O. The quantitative estimate of drug-likeness (QED) is 0.718.